The van der Waals surface area contributed by atoms with Crippen molar-refractivity contribution >= 4 is 12.2 Å². The van der Waals surface area contributed by atoms with Crippen molar-refractivity contribution in [1.82, 2.24) is 10.6 Å². The highest BCUT2D eigenvalue weighted by Gasteiger charge is 2.31. The summed E-state index contributed by atoms with van der Waals surface area (Å²) in [5.74, 6) is 0.224. The number of halogens is 4. The van der Waals surface area contributed by atoms with E-state index >= 15 is 0 Å². The van der Waals surface area contributed by atoms with Gasteiger partial charge < -0.3 is 19.8 Å². The van der Waals surface area contributed by atoms with Crippen molar-refractivity contribution in [3.8, 4) is 11.3 Å². The zero-order valence-corrected chi connectivity index (χ0v) is 20.4. The molecule has 2 N–H and O–H groups in total. The molecule has 1 atom stereocenters. The quantitative estimate of drug-likeness (QED) is 0.280. The van der Waals surface area contributed by atoms with Crippen LogP contribution in [0.25, 0.3) is 11.3 Å². The van der Waals surface area contributed by atoms with Crippen LogP contribution in [0.15, 0.2) is 77.0 Å². The zero-order valence-electron chi connectivity index (χ0n) is 20.4. The van der Waals surface area contributed by atoms with E-state index in [1.807, 2.05) is 19.9 Å². The molecule has 2 heterocycles. The lowest BCUT2D eigenvalue weighted by atomic mass is 9.89. The predicted octanol–water partition coefficient (Wildman–Crippen LogP) is 6.38. The Labute approximate surface area is 211 Å². The van der Waals surface area contributed by atoms with Crippen LogP contribution in [0.1, 0.15) is 53.5 Å². The van der Waals surface area contributed by atoms with Crippen molar-refractivity contribution in [2.45, 2.75) is 33.2 Å². The van der Waals surface area contributed by atoms with E-state index in [2.05, 4.69) is 10.6 Å². The molecule has 37 heavy (non-hydrogen) atoms. The number of alkyl halides is 3. The third-order valence-electron chi connectivity index (χ3n) is 5.35. The van der Waals surface area contributed by atoms with Crippen LogP contribution in [-0.2, 0) is 4.74 Å². The Bertz CT molecular complexity index is 1260. The van der Waals surface area contributed by atoms with Gasteiger partial charge in [0.2, 0.25) is 0 Å². The number of hydrogen-bond acceptors (Lipinski definition) is 5. The molecule has 3 aromatic rings. The van der Waals surface area contributed by atoms with Crippen LogP contribution in [-0.4, -0.2) is 24.9 Å². The monoisotopic (exact) mass is 518 g/mol. The van der Waals surface area contributed by atoms with E-state index in [1.54, 1.807) is 48.7 Å². The number of nitrogens with one attached hydrogen (secondary N) is 2. The van der Waals surface area contributed by atoms with Crippen molar-refractivity contribution in [3.63, 3.8) is 0 Å². The highest BCUT2D eigenvalue weighted by atomic mass is 19.4. The van der Waals surface area contributed by atoms with Crippen molar-refractivity contribution in [2.75, 3.05) is 6.54 Å². The van der Waals surface area contributed by atoms with Crippen LogP contribution in [0.5, 0.6) is 0 Å². The summed E-state index contributed by atoms with van der Waals surface area (Å²) in [6.45, 7) is 4.53. The molecule has 0 saturated heterocycles. The molecule has 1 amide bonds. The molecule has 2 aromatic carbocycles. The molecule has 0 fully saturated rings. The molecule has 1 aliphatic rings. The van der Waals surface area contributed by atoms with Gasteiger partial charge in [-0.3, -0.25) is 9.59 Å². The van der Waals surface area contributed by atoms with Gasteiger partial charge in [-0.25, -0.2) is 4.39 Å². The highest BCUT2D eigenvalue weighted by Crippen LogP contribution is 2.32. The second-order valence-corrected chi connectivity index (χ2v) is 8.99. The predicted molar refractivity (Wildman–Crippen MR) is 129 cm³/mol. The lowest BCUT2D eigenvalue weighted by Crippen LogP contribution is -2.38. The number of aldehydes is 1. The Morgan fingerprint density at radius 2 is 1.73 bits per heavy atom. The molecule has 0 aliphatic carbocycles. The Balaban J connectivity index is 0.000000695. The van der Waals surface area contributed by atoms with Crippen LogP contribution >= 0.6 is 0 Å². The average molecular weight is 519 g/mol. The van der Waals surface area contributed by atoms with Gasteiger partial charge in [0.1, 0.15) is 17.8 Å². The van der Waals surface area contributed by atoms with Gasteiger partial charge in [0.05, 0.1) is 5.70 Å². The third kappa shape index (κ3) is 7.96. The molecule has 4 rings (SSSR count). The maximum absolute atomic E-state index is 13.2. The molecular weight excluding hydrogens is 492 g/mol. The Morgan fingerprint density at radius 3 is 2.35 bits per heavy atom. The summed E-state index contributed by atoms with van der Waals surface area (Å²) in [5, 5.41) is 6.25. The number of hydrogen-bond donors (Lipinski definition) is 2. The first-order valence-electron chi connectivity index (χ1n) is 11.2. The summed E-state index contributed by atoms with van der Waals surface area (Å²) in [6, 6.07) is 16.4. The Morgan fingerprint density at radius 1 is 1.05 bits per heavy atom. The summed E-state index contributed by atoms with van der Waals surface area (Å²) < 4.78 is 55.4. The summed E-state index contributed by atoms with van der Waals surface area (Å²) >= 11 is 0. The fraction of sp³-hybridized carbons (Fsp3) is 0.259. The van der Waals surface area contributed by atoms with Crippen LogP contribution in [0, 0.1) is 11.2 Å². The standard InChI is InChI=1S/C25H23FN2O4.C2H3F3/c1-25(2,22-14-31-24(28-22)16-6-8-19(26)9-7-16)15-27-23(30)18-5-3-4-17(12-18)21-11-10-20(13-29)32-21;1-2(3,4)5/h3-14,24,28H,15H2,1-2H3,(H,27,30);1H3. The topological polar surface area (TPSA) is 80.6 Å². The largest absolute Gasteiger partial charge is 0.472 e. The van der Waals surface area contributed by atoms with Gasteiger partial charge in [-0.05, 0) is 36.4 Å². The fourth-order valence-electron chi connectivity index (χ4n) is 3.38. The molecular formula is C27H26F4N2O4. The van der Waals surface area contributed by atoms with E-state index in [1.165, 1.54) is 12.1 Å². The average Bonchev–Trinajstić information content (AvgIpc) is 3.53. The molecule has 0 spiro atoms. The molecule has 1 unspecified atom stereocenters. The van der Waals surface area contributed by atoms with Crippen LogP contribution < -0.4 is 10.6 Å². The number of rotatable bonds is 7. The zero-order chi connectivity index (χ0) is 27.2. The van der Waals surface area contributed by atoms with E-state index < -0.39 is 17.8 Å². The van der Waals surface area contributed by atoms with Gasteiger partial charge in [-0.15, -0.1) is 0 Å². The Hall–Kier alpha value is -4.08. The van der Waals surface area contributed by atoms with Gasteiger partial charge in [0.25, 0.3) is 5.91 Å². The fourth-order valence-corrected chi connectivity index (χ4v) is 3.38. The molecule has 1 aromatic heterocycles. The number of furan rings is 1. The molecule has 1 aliphatic heterocycles. The summed E-state index contributed by atoms with van der Waals surface area (Å²) in [4.78, 5) is 23.6. The van der Waals surface area contributed by atoms with Crippen molar-refractivity contribution in [2.24, 2.45) is 5.41 Å². The summed E-state index contributed by atoms with van der Waals surface area (Å²) in [5.41, 5.74) is 2.40. The van der Waals surface area contributed by atoms with E-state index in [0.717, 1.165) is 11.3 Å². The molecule has 0 saturated carbocycles. The minimum atomic E-state index is -4.00. The summed E-state index contributed by atoms with van der Waals surface area (Å²) in [6.07, 6.45) is -2.12. The van der Waals surface area contributed by atoms with Gasteiger partial charge in [-0.1, -0.05) is 38.1 Å². The molecule has 0 radical (unpaired) electrons. The van der Waals surface area contributed by atoms with E-state index in [4.69, 9.17) is 9.15 Å². The van der Waals surface area contributed by atoms with Gasteiger partial charge in [0, 0.05) is 35.6 Å². The minimum Gasteiger partial charge on any atom is -0.472 e. The first-order valence-corrected chi connectivity index (χ1v) is 11.2. The van der Waals surface area contributed by atoms with Crippen molar-refractivity contribution < 1.29 is 36.3 Å². The van der Waals surface area contributed by atoms with Crippen LogP contribution in [0.3, 0.4) is 0 Å². The van der Waals surface area contributed by atoms with Crippen LogP contribution in [0.4, 0.5) is 17.6 Å². The van der Waals surface area contributed by atoms with Crippen LogP contribution in [0.2, 0.25) is 0 Å². The maximum Gasteiger partial charge on any atom is 0.386 e. The number of benzene rings is 2. The molecule has 10 heteroatoms. The lowest BCUT2D eigenvalue weighted by molar-refractivity contribution is -0.110. The number of ether oxygens (including phenoxy) is 1. The van der Waals surface area contributed by atoms with Gasteiger partial charge in [0.15, 0.2) is 18.3 Å². The lowest BCUT2D eigenvalue weighted by Gasteiger charge is -2.27. The molecule has 6 nitrogen and oxygen atoms in total. The van der Waals surface area contributed by atoms with E-state index in [0.29, 0.717) is 29.7 Å². The maximum atomic E-state index is 13.2. The second kappa shape index (κ2) is 11.3. The second-order valence-electron chi connectivity index (χ2n) is 8.99. The van der Waals surface area contributed by atoms with Gasteiger partial charge >= 0.3 is 6.18 Å². The van der Waals surface area contributed by atoms with Gasteiger partial charge in [-0.2, -0.15) is 13.2 Å². The van der Waals surface area contributed by atoms with E-state index in [-0.39, 0.29) is 24.4 Å². The highest BCUT2D eigenvalue weighted by molar-refractivity contribution is 5.95. The normalized spacial score (nSPS) is 15.0. The first-order chi connectivity index (χ1) is 17.4. The smallest absolute Gasteiger partial charge is 0.386 e. The minimum absolute atomic E-state index is 0.188. The molecule has 0 bridgehead atoms. The SMILES string of the molecule is CC(C)(CNC(=O)c1cccc(-c2ccc(C=O)o2)c1)C1=COC(c2ccc(F)cc2)N1.CC(F)(F)F. The number of amides is 1. The van der Waals surface area contributed by atoms with E-state index in [9.17, 15) is 27.2 Å². The third-order valence-corrected chi connectivity index (χ3v) is 5.35. The first kappa shape index (κ1) is 27.5. The summed E-state index contributed by atoms with van der Waals surface area (Å²) in [7, 11) is 0. The van der Waals surface area contributed by atoms with Crippen molar-refractivity contribution in [3.05, 3.63) is 95.3 Å². The Kier molecular flexibility index (Phi) is 8.42. The van der Waals surface area contributed by atoms with Crippen molar-refractivity contribution in [1.29, 1.82) is 0 Å². The number of carbonyl (C=O) groups excluding carboxylic acids is 2. The number of carbonyl (C=O) groups is 2. The molecule has 196 valence electrons.